The van der Waals surface area contributed by atoms with Gasteiger partial charge in [0.2, 0.25) is 0 Å². The standard InChI is InChI=1S/C19H28O4/c1-19(2,13-7-5-6-8-18(20)22-4)15-23-14-16-9-11-17(21-3)12-10-16/h7,9-13H,5-6,8,14-15H2,1-4H3/b13-7-. The smallest absolute Gasteiger partial charge is 0.305 e. The molecule has 0 aliphatic carbocycles. The number of unbranched alkanes of at least 4 members (excludes halogenated alkanes) is 1. The molecule has 1 aromatic carbocycles. The van der Waals surface area contributed by atoms with E-state index in [9.17, 15) is 4.79 Å². The van der Waals surface area contributed by atoms with Gasteiger partial charge in [-0.15, -0.1) is 0 Å². The highest BCUT2D eigenvalue weighted by Gasteiger charge is 2.13. The predicted octanol–water partition coefficient (Wildman–Crippen LogP) is 4.14. The van der Waals surface area contributed by atoms with Crippen LogP contribution in [0.1, 0.15) is 38.7 Å². The summed E-state index contributed by atoms with van der Waals surface area (Å²) in [5, 5.41) is 0. The molecular formula is C19H28O4. The highest BCUT2D eigenvalue weighted by molar-refractivity contribution is 5.69. The van der Waals surface area contributed by atoms with Crippen LogP contribution < -0.4 is 4.74 Å². The molecule has 0 bridgehead atoms. The predicted molar refractivity (Wildman–Crippen MR) is 91.4 cm³/mol. The van der Waals surface area contributed by atoms with Gasteiger partial charge in [-0.05, 0) is 30.5 Å². The molecule has 23 heavy (non-hydrogen) atoms. The molecule has 0 fully saturated rings. The van der Waals surface area contributed by atoms with E-state index in [1.807, 2.05) is 24.3 Å². The molecule has 128 valence electrons. The van der Waals surface area contributed by atoms with Crippen molar-refractivity contribution in [2.24, 2.45) is 5.41 Å². The van der Waals surface area contributed by atoms with Gasteiger partial charge in [0.25, 0.3) is 0 Å². The molecule has 0 aromatic heterocycles. The van der Waals surface area contributed by atoms with Gasteiger partial charge in [0.15, 0.2) is 0 Å². The third kappa shape index (κ3) is 8.41. The first kappa shape index (κ1) is 19.2. The first-order chi connectivity index (χ1) is 11.0. The largest absolute Gasteiger partial charge is 0.497 e. The van der Waals surface area contributed by atoms with Crippen LogP contribution in [0.4, 0.5) is 0 Å². The van der Waals surface area contributed by atoms with Gasteiger partial charge >= 0.3 is 5.97 Å². The summed E-state index contributed by atoms with van der Waals surface area (Å²) >= 11 is 0. The van der Waals surface area contributed by atoms with E-state index in [-0.39, 0.29) is 11.4 Å². The topological polar surface area (TPSA) is 44.8 Å². The van der Waals surface area contributed by atoms with E-state index < -0.39 is 0 Å². The third-order valence-corrected chi connectivity index (χ3v) is 3.45. The Morgan fingerprint density at radius 1 is 1.17 bits per heavy atom. The summed E-state index contributed by atoms with van der Waals surface area (Å²) < 4.78 is 15.6. The molecular weight excluding hydrogens is 292 g/mol. The third-order valence-electron chi connectivity index (χ3n) is 3.45. The lowest BCUT2D eigenvalue weighted by Gasteiger charge is -2.20. The average Bonchev–Trinajstić information content (AvgIpc) is 2.54. The summed E-state index contributed by atoms with van der Waals surface area (Å²) in [6, 6.07) is 7.89. The van der Waals surface area contributed by atoms with E-state index >= 15 is 0 Å². The summed E-state index contributed by atoms with van der Waals surface area (Å²) in [5.74, 6) is 0.699. The molecule has 0 unspecified atom stereocenters. The molecule has 0 saturated carbocycles. The molecule has 1 aromatic rings. The van der Waals surface area contributed by atoms with Crippen molar-refractivity contribution in [1.29, 1.82) is 0 Å². The Morgan fingerprint density at radius 3 is 2.48 bits per heavy atom. The second-order valence-electron chi connectivity index (χ2n) is 6.20. The Kier molecular flexibility index (Phi) is 8.41. The number of methoxy groups -OCH3 is 2. The van der Waals surface area contributed by atoms with Gasteiger partial charge in [0.05, 0.1) is 27.4 Å². The van der Waals surface area contributed by atoms with Crippen LogP contribution in [0, 0.1) is 5.41 Å². The van der Waals surface area contributed by atoms with E-state index in [4.69, 9.17) is 9.47 Å². The number of hydrogen-bond acceptors (Lipinski definition) is 4. The van der Waals surface area contributed by atoms with Crippen LogP contribution in [0.2, 0.25) is 0 Å². The minimum atomic E-state index is -0.152. The van der Waals surface area contributed by atoms with Crippen molar-refractivity contribution in [2.45, 2.75) is 39.7 Å². The zero-order valence-electron chi connectivity index (χ0n) is 14.6. The fraction of sp³-hybridized carbons (Fsp3) is 0.526. The number of carbonyl (C=O) groups excluding carboxylic acids is 1. The normalized spacial score (nSPS) is 11.7. The molecule has 0 aliphatic heterocycles. The monoisotopic (exact) mass is 320 g/mol. The molecule has 0 radical (unpaired) electrons. The lowest BCUT2D eigenvalue weighted by Crippen LogP contribution is -2.16. The highest BCUT2D eigenvalue weighted by Crippen LogP contribution is 2.19. The van der Waals surface area contributed by atoms with Gasteiger partial charge < -0.3 is 14.2 Å². The summed E-state index contributed by atoms with van der Waals surface area (Å²) in [5.41, 5.74) is 1.10. The number of allylic oxidation sites excluding steroid dienone is 1. The van der Waals surface area contributed by atoms with Crippen molar-refractivity contribution < 1.29 is 19.0 Å². The van der Waals surface area contributed by atoms with Gasteiger partial charge in [-0.3, -0.25) is 4.79 Å². The van der Waals surface area contributed by atoms with Crippen molar-refractivity contribution in [2.75, 3.05) is 20.8 Å². The van der Waals surface area contributed by atoms with Gasteiger partial charge in [0, 0.05) is 11.8 Å². The molecule has 0 atom stereocenters. The fourth-order valence-electron chi connectivity index (χ4n) is 2.07. The molecule has 0 amide bonds. The van der Waals surface area contributed by atoms with Crippen LogP contribution in [-0.2, 0) is 20.9 Å². The Bertz CT molecular complexity index is 489. The van der Waals surface area contributed by atoms with E-state index in [0.29, 0.717) is 19.6 Å². The number of esters is 1. The van der Waals surface area contributed by atoms with Crippen LogP contribution >= 0.6 is 0 Å². The van der Waals surface area contributed by atoms with Crippen molar-refractivity contribution in [3.8, 4) is 5.75 Å². The van der Waals surface area contributed by atoms with Crippen LogP contribution in [0.25, 0.3) is 0 Å². The minimum Gasteiger partial charge on any atom is -0.497 e. The maximum Gasteiger partial charge on any atom is 0.305 e. The van der Waals surface area contributed by atoms with Gasteiger partial charge in [-0.25, -0.2) is 0 Å². The quantitative estimate of drug-likeness (QED) is 0.369. The zero-order valence-corrected chi connectivity index (χ0v) is 14.6. The summed E-state index contributed by atoms with van der Waals surface area (Å²) in [7, 11) is 3.08. The molecule has 0 spiro atoms. The van der Waals surface area contributed by atoms with Gasteiger partial charge in [-0.1, -0.05) is 38.1 Å². The lowest BCUT2D eigenvalue weighted by molar-refractivity contribution is -0.140. The fourth-order valence-corrected chi connectivity index (χ4v) is 2.07. The first-order valence-electron chi connectivity index (χ1n) is 7.92. The Labute approximate surface area is 139 Å². The SMILES string of the molecule is COC(=O)CCC/C=C\C(C)(C)COCc1ccc(OC)cc1. The first-order valence-corrected chi connectivity index (χ1v) is 7.92. The Morgan fingerprint density at radius 2 is 1.87 bits per heavy atom. The van der Waals surface area contributed by atoms with E-state index in [1.165, 1.54) is 7.11 Å². The van der Waals surface area contributed by atoms with Crippen LogP contribution in [0.5, 0.6) is 5.75 Å². The molecule has 4 heteroatoms. The lowest BCUT2D eigenvalue weighted by atomic mass is 9.93. The Hall–Kier alpha value is -1.81. The maximum absolute atomic E-state index is 11.0. The van der Waals surface area contributed by atoms with Crippen molar-refractivity contribution in [3.63, 3.8) is 0 Å². The van der Waals surface area contributed by atoms with Gasteiger partial charge in [-0.2, -0.15) is 0 Å². The summed E-state index contributed by atoms with van der Waals surface area (Å²) in [6.45, 7) is 5.51. The average molecular weight is 320 g/mol. The molecule has 1 rings (SSSR count). The summed E-state index contributed by atoms with van der Waals surface area (Å²) in [6.07, 6.45) is 6.41. The Balaban J connectivity index is 2.26. The van der Waals surface area contributed by atoms with Gasteiger partial charge in [0.1, 0.15) is 5.75 Å². The molecule has 0 aliphatic rings. The number of carbonyl (C=O) groups is 1. The number of benzene rings is 1. The molecule has 0 N–H and O–H groups in total. The van der Waals surface area contributed by atoms with Crippen LogP contribution in [0.15, 0.2) is 36.4 Å². The van der Waals surface area contributed by atoms with Crippen molar-refractivity contribution >= 4 is 5.97 Å². The summed E-state index contributed by atoms with van der Waals surface area (Å²) in [4.78, 5) is 11.0. The van der Waals surface area contributed by atoms with E-state index in [2.05, 4.69) is 30.7 Å². The number of ether oxygens (including phenoxy) is 3. The molecule has 4 nitrogen and oxygen atoms in total. The zero-order chi connectivity index (χ0) is 17.1. The number of rotatable bonds is 10. The second kappa shape index (κ2) is 10.1. The maximum atomic E-state index is 11.0. The highest BCUT2D eigenvalue weighted by atomic mass is 16.5. The minimum absolute atomic E-state index is 0.0300. The number of hydrogen-bond donors (Lipinski definition) is 0. The van der Waals surface area contributed by atoms with Crippen molar-refractivity contribution in [1.82, 2.24) is 0 Å². The van der Waals surface area contributed by atoms with E-state index in [0.717, 1.165) is 24.2 Å². The molecule has 0 saturated heterocycles. The van der Waals surface area contributed by atoms with Crippen LogP contribution in [-0.4, -0.2) is 26.8 Å². The van der Waals surface area contributed by atoms with E-state index in [1.54, 1.807) is 7.11 Å². The molecule has 0 heterocycles. The second-order valence-corrected chi connectivity index (χ2v) is 6.20. The van der Waals surface area contributed by atoms with Crippen molar-refractivity contribution in [3.05, 3.63) is 42.0 Å². The van der Waals surface area contributed by atoms with Crippen LogP contribution in [0.3, 0.4) is 0 Å².